The zero-order valence-corrected chi connectivity index (χ0v) is 13.8. The van der Waals surface area contributed by atoms with Gasteiger partial charge in [0.25, 0.3) is 0 Å². The van der Waals surface area contributed by atoms with Gasteiger partial charge in [0.05, 0.1) is 24.1 Å². The SMILES string of the molecule is COC(=O)c1cccc(C)c1N1CC(CS(=O)(=O)Cl)CC1=O. The van der Waals surface area contributed by atoms with E-state index in [9.17, 15) is 18.0 Å². The first kappa shape index (κ1) is 16.8. The molecule has 1 aliphatic rings. The van der Waals surface area contributed by atoms with Gasteiger partial charge in [-0.2, -0.15) is 0 Å². The summed E-state index contributed by atoms with van der Waals surface area (Å²) in [6, 6.07) is 5.06. The molecule has 0 aromatic heterocycles. The molecule has 1 aromatic rings. The van der Waals surface area contributed by atoms with E-state index in [1.807, 2.05) is 0 Å². The summed E-state index contributed by atoms with van der Waals surface area (Å²) in [5.41, 5.74) is 1.49. The van der Waals surface area contributed by atoms with Crippen molar-refractivity contribution >= 4 is 37.3 Å². The Bertz CT molecular complexity index is 716. The number of methoxy groups -OCH3 is 1. The van der Waals surface area contributed by atoms with E-state index >= 15 is 0 Å². The van der Waals surface area contributed by atoms with E-state index in [0.29, 0.717) is 5.69 Å². The highest BCUT2D eigenvalue weighted by atomic mass is 35.7. The van der Waals surface area contributed by atoms with E-state index in [1.165, 1.54) is 12.0 Å². The number of benzene rings is 1. The molecule has 0 bridgehead atoms. The highest BCUT2D eigenvalue weighted by Crippen LogP contribution is 2.32. The molecule has 1 heterocycles. The Morgan fingerprint density at radius 1 is 1.45 bits per heavy atom. The minimum absolute atomic E-state index is 0.0842. The largest absolute Gasteiger partial charge is 0.465 e. The average Bonchev–Trinajstić information content (AvgIpc) is 2.75. The average molecular weight is 346 g/mol. The number of carbonyl (C=O) groups is 2. The van der Waals surface area contributed by atoms with Crippen molar-refractivity contribution in [3.05, 3.63) is 29.3 Å². The highest BCUT2D eigenvalue weighted by molar-refractivity contribution is 8.13. The first-order valence-electron chi connectivity index (χ1n) is 6.63. The van der Waals surface area contributed by atoms with Gasteiger partial charge in [0.15, 0.2) is 0 Å². The molecule has 1 atom stereocenters. The number of hydrogen-bond donors (Lipinski definition) is 0. The predicted octanol–water partition coefficient (Wildman–Crippen LogP) is 1.70. The van der Waals surface area contributed by atoms with Crippen LogP contribution in [-0.4, -0.2) is 39.7 Å². The molecule has 6 nitrogen and oxygen atoms in total. The number of aryl methyl sites for hydroxylation is 1. The Kier molecular flexibility index (Phi) is 4.77. The molecular weight excluding hydrogens is 330 g/mol. The van der Waals surface area contributed by atoms with Crippen molar-refractivity contribution in [2.24, 2.45) is 5.92 Å². The van der Waals surface area contributed by atoms with Gasteiger partial charge in [-0.1, -0.05) is 12.1 Å². The fourth-order valence-electron chi connectivity index (χ4n) is 2.68. The number of hydrogen-bond acceptors (Lipinski definition) is 5. The minimum Gasteiger partial charge on any atom is -0.465 e. The molecule has 1 fully saturated rings. The molecule has 22 heavy (non-hydrogen) atoms. The summed E-state index contributed by atoms with van der Waals surface area (Å²) in [5.74, 6) is -1.43. The van der Waals surface area contributed by atoms with Crippen LogP contribution in [0, 0.1) is 12.8 Å². The number of anilines is 1. The summed E-state index contributed by atoms with van der Waals surface area (Å²) in [6.45, 7) is 1.99. The second-order valence-electron chi connectivity index (χ2n) is 5.24. The lowest BCUT2D eigenvalue weighted by atomic mass is 10.1. The monoisotopic (exact) mass is 345 g/mol. The molecule has 8 heteroatoms. The summed E-state index contributed by atoms with van der Waals surface area (Å²) >= 11 is 0. The number of halogens is 1. The third-order valence-corrected chi connectivity index (χ3v) is 4.80. The van der Waals surface area contributed by atoms with Crippen LogP contribution in [0.1, 0.15) is 22.3 Å². The Labute approximate surface area is 133 Å². The molecule has 1 aromatic carbocycles. The van der Waals surface area contributed by atoms with Crippen molar-refractivity contribution in [1.29, 1.82) is 0 Å². The van der Waals surface area contributed by atoms with Gasteiger partial charge in [-0.15, -0.1) is 0 Å². The van der Waals surface area contributed by atoms with Crippen LogP contribution >= 0.6 is 10.7 Å². The normalized spacial score (nSPS) is 18.6. The fourth-order valence-corrected chi connectivity index (χ4v) is 4.00. The van der Waals surface area contributed by atoms with E-state index in [-0.39, 0.29) is 36.1 Å². The predicted molar refractivity (Wildman–Crippen MR) is 82.6 cm³/mol. The van der Waals surface area contributed by atoms with Crippen molar-refractivity contribution in [1.82, 2.24) is 0 Å². The molecule has 1 saturated heterocycles. The molecule has 1 amide bonds. The van der Waals surface area contributed by atoms with Crippen LogP contribution in [0.15, 0.2) is 18.2 Å². The minimum atomic E-state index is -3.68. The second kappa shape index (κ2) is 6.26. The Hall–Kier alpha value is -1.60. The van der Waals surface area contributed by atoms with Gasteiger partial charge in [-0.25, -0.2) is 13.2 Å². The number of rotatable bonds is 4. The van der Waals surface area contributed by atoms with Crippen LogP contribution in [0.4, 0.5) is 5.69 Å². The van der Waals surface area contributed by atoms with E-state index in [2.05, 4.69) is 0 Å². The van der Waals surface area contributed by atoms with Crippen LogP contribution in [-0.2, 0) is 18.6 Å². The van der Waals surface area contributed by atoms with Gasteiger partial charge in [0.1, 0.15) is 0 Å². The molecule has 0 N–H and O–H groups in total. The number of carbonyl (C=O) groups excluding carboxylic acids is 2. The number of ether oxygens (including phenoxy) is 1. The van der Waals surface area contributed by atoms with Crippen LogP contribution in [0.25, 0.3) is 0 Å². The third-order valence-electron chi connectivity index (χ3n) is 3.55. The maximum Gasteiger partial charge on any atom is 0.339 e. The van der Waals surface area contributed by atoms with Crippen molar-refractivity contribution in [3.63, 3.8) is 0 Å². The molecule has 120 valence electrons. The summed E-state index contributed by atoms with van der Waals surface area (Å²) in [4.78, 5) is 25.5. The molecule has 1 aliphatic heterocycles. The van der Waals surface area contributed by atoms with Crippen LogP contribution in [0.5, 0.6) is 0 Å². The molecule has 2 rings (SSSR count). The quantitative estimate of drug-likeness (QED) is 0.613. The zero-order valence-electron chi connectivity index (χ0n) is 12.2. The van der Waals surface area contributed by atoms with Crippen molar-refractivity contribution in [2.45, 2.75) is 13.3 Å². The molecule has 0 spiro atoms. The number of nitrogens with zero attached hydrogens (tertiary/aromatic N) is 1. The van der Waals surface area contributed by atoms with Gasteiger partial charge in [-0.05, 0) is 18.6 Å². The number of para-hydroxylation sites is 1. The van der Waals surface area contributed by atoms with Gasteiger partial charge in [-0.3, -0.25) is 4.79 Å². The standard InChI is InChI=1S/C14H16ClNO5S/c1-9-4-3-5-11(14(18)21-2)13(9)16-7-10(6-12(16)17)8-22(15,19)20/h3-5,10H,6-8H2,1-2H3. The Balaban J connectivity index is 2.36. The molecule has 1 unspecified atom stereocenters. The molecular formula is C14H16ClNO5S. The van der Waals surface area contributed by atoms with Gasteiger partial charge >= 0.3 is 5.97 Å². The lowest BCUT2D eigenvalue weighted by molar-refractivity contribution is -0.117. The maximum absolute atomic E-state index is 12.2. The third kappa shape index (κ3) is 3.59. The van der Waals surface area contributed by atoms with Crippen LogP contribution < -0.4 is 4.90 Å². The molecule has 0 saturated carbocycles. The molecule has 0 aliphatic carbocycles. The highest BCUT2D eigenvalue weighted by Gasteiger charge is 2.35. The van der Waals surface area contributed by atoms with Gasteiger partial charge in [0, 0.05) is 29.6 Å². The zero-order chi connectivity index (χ0) is 16.5. The van der Waals surface area contributed by atoms with Crippen molar-refractivity contribution in [2.75, 3.05) is 24.3 Å². The first-order valence-corrected chi connectivity index (χ1v) is 9.11. The van der Waals surface area contributed by atoms with Crippen LogP contribution in [0.3, 0.4) is 0 Å². The topological polar surface area (TPSA) is 80.8 Å². The smallest absolute Gasteiger partial charge is 0.339 e. The Morgan fingerprint density at radius 2 is 2.14 bits per heavy atom. The van der Waals surface area contributed by atoms with Gasteiger partial charge in [0.2, 0.25) is 15.0 Å². The van der Waals surface area contributed by atoms with E-state index in [4.69, 9.17) is 15.4 Å². The lowest BCUT2D eigenvalue weighted by Crippen LogP contribution is -2.28. The fraction of sp³-hybridized carbons (Fsp3) is 0.429. The summed E-state index contributed by atoms with van der Waals surface area (Å²) in [6.07, 6.45) is 0.0842. The summed E-state index contributed by atoms with van der Waals surface area (Å²) < 4.78 is 27.1. The van der Waals surface area contributed by atoms with Crippen LogP contribution in [0.2, 0.25) is 0 Å². The maximum atomic E-state index is 12.2. The van der Waals surface area contributed by atoms with E-state index in [1.54, 1.807) is 25.1 Å². The van der Waals surface area contributed by atoms with E-state index in [0.717, 1.165) is 5.56 Å². The first-order chi connectivity index (χ1) is 10.2. The van der Waals surface area contributed by atoms with Crippen molar-refractivity contribution < 1.29 is 22.7 Å². The Morgan fingerprint density at radius 3 is 2.73 bits per heavy atom. The number of amides is 1. The second-order valence-corrected chi connectivity index (χ2v) is 8.06. The summed E-state index contributed by atoms with van der Waals surface area (Å²) in [7, 11) is 2.85. The van der Waals surface area contributed by atoms with Gasteiger partial charge < -0.3 is 9.64 Å². The van der Waals surface area contributed by atoms with E-state index < -0.39 is 15.0 Å². The molecule has 0 radical (unpaired) electrons. The lowest BCUT2D eigenvalue weighted by Gasteiger charge is -2.21. The summed E-state index contributed by atoms with van der Waals surface area (Å²) in [5, 5.41) is 0. The van der Waals surface area contributed by atoms with Crippen molar-refractivity contribution in [3.8, 4) is 0 Å². The number of esters is 1.